The number of allylic oxidation sites excluding steroid dienone is 24. The summed E-state index contributed by atoms with van der Waals surface area (Å²) in [5.74, 6) is -2.29. The fourth-order valence-electron chi connectivity index (χ4n) is 10.7. The molecular weight excluding hydrogens is 1170 g/mol. The zero-order valence-corrected chi connectivity index (χ0v) is 62.0. The molecule has 9 heteroatoms. The Kier molecular flexibility index (Phi) is 71.1. The minimum absolute atomic E-state index is 0.141. The van der Waals surface area contributed by atoms with Crippen LogP contribution in [-0.2, 0) is 33.3 Å². The molecule has 0 N–H and O–H groups in total. The van der Waals surface area contributed by atoms with Gasteiger partial charge in [0.15, 0.2) is 12.4 Å². The first kappa shape index (κ1) is 90.2. The second-order valence-corrected chi connectivity index (χ2v) is 26.9. The first-order chi connectivity index (χ1) is 46.6. The lowest BCUT2D eigenvalue weighted by Gasteiger charge is -2.26. The van der Waals surface area contributed by atoms with Crippen LogP contribution < -0.4 is 5.11 Å². The standard InChI is InChI=1S/C86H145NO8/c1-6-8-10-12-14-16-18-20-22-24-26-28-30-32-34-36-38-40-41-42-43-45-46-48-50-52-54-56-58-60-62-64-66-68-70-72-74-76-83(88)93-80-82(81-94-86(85(90)91)92-79-78-87(3,4)5)95-84(89)77-75-73-71-69-67-65-63-61-59-57-55-53-51-49-47-44-39-37-35-33-31-29-27-25-23-21-19-17-15-13-11-9-7-2/h8-11,14-17,20-23,26-29,33,35,39,44,49,51,55,57,82,86H,6-7,12-13,18-19,24-25,30-32,34,36-38,40-43,45-48,50,52-54,56,58-81H2,1-5H3/b10-8-,11-9-,16-14-,17-15-,22-20-,23-21-,28-26-,29-27-,35-33-,44-39-,51-49-,57-55-. The summed E-state index contributed by atoms with van der Waals surface area (Å²) in [7, 11) is 5.93. The van der Waals surface area contributed by atoms with Gasteiger partial charge in [-0.25, -0.2) is 0 Å². The number of hydrogen-bond acceptors (Lipinski definition) is 8. The van der Waals surface area contributed by atoms with E-state index >= 15 is 0 Å². The lowest BCUT2D eigenvalue weighted by atomic mass is 10.0. The predicted octanol–water partition coefficient (Wildman–Crippen LogP) is 23.7. The number of aliphatic carboxylic acids is 1. The zero-order valence-electron chi connectivity index (χ0n) is 62.0. The van der Waals surface area contributed by atoms with E-state index in [0.717, 1.165) is 122 Å². The Bertz CT molecular complexity index is 2080. The molecule has 0 aromatic carbocycles. The molecule has 0 saturated carbocycles. The van der Waals surface area contributed by atoms with Crippen LogP contribution in [-0.4, -0.2) is 82.3 Å². The summed E-state index contributed by atoms with van der Waals surface area (Å²) in [5.41, 5.74) is 0. The number of hydrogen-bond donors (Lipinski definition) is 0. The van der Waals surface area contributed by atoms with Crippen molar-refractivity contribution >= 4 is 17.9 Å². The van der Waals surface area contributed by atoms with Crippen LogP contribution in [0.15, 0.2) is 146 Å². The first-order valence-electron chi connectivity index (χ1n) is 39.0. The van der Waals surface area contributed by atoms with Gasteiger partial charge in [-0.2, -0.15) is 0 Å². The van der Waals surface area contributed by atoms with Crippen LogP contribution in [0.5, 0.6) is 0 Å². The molecule has 0 rings (SSSR count). The molecule has 0 aliphatic carbocycles. The normalized spacial score (nSPS) is 13.5. The van der Waals surface area contributed by atoms with Gasteiger partial charge < -0.3 is 33.3 Å². The number of carbonyl (C=O) groups excluding carboxylic acids is 3. The lowest BCUT2D eigenvalue weighted by Crippen LogP contribution is -2.44. The van der Waals surface area contributed by atoms with E-state index in [1.807, 2.05) is 21.1 Å². The molecule has 0 spiro atoms. The average molecular weight is 1320 g/mol. The van der Waals surface area contributed by atoms with Crippen molar-refractivity contribution in [2.45, 2.75) is 334 Å². The molecule has 0 aromatic heterocycles. The number of ether oxygens (including phenoxy) is 4. The van der Waals surface area contributed by atoms with E-state index in [-0.39, 0.29) is 38.6 Å². The largest absolute Gasteiger partial charge is 0.545 e. The van der Waals surface area contributed by atoms with Crippen LogP contribution in [0.4, 0.5) is 0 Å². The maximum Gasteiger partial charge on any atom is 0.306 e. The van der Waals surface area contributed by atoms with Crippen molar-refractivity contribution < 1.29 is 42.9 Å². The number of nitrogens with zero attached hydrogens (tertiary/aromatic N) is 1. The van der Waals surface area contributed by atoms with Crippen molar-refractivity contribution in [2.24, 2.45) is 0 Å². The van der Waals surface area contributed by atoms with E-state index in [0.29, 0.717) is 17.4 Å². The maximum absolute atomic E-state index is 13.0. The topological polar surface area (TPSA) is 111 Å². The molecule has 542 valence electrons. The van der Waals surface area contributed by atoms with Crippen molar-refractivity contribution in [3.63, 3.8) is 0 Å². The van der Waals surface area contributed by atoms with E-state index in [4.69, 9.17) is 18.9 Å². The van der Waals surface area contributed by atoms with Crippen LogP contribution >= 0.6 is 0 Å². The summed E-state index contributed by atoms with van der Waals surface area (Å²) < 4.78 is 22.8. The second kappa shape index (κ2) is 75.0. The van der Waals surface area contributed by atoms with Crippen molar-refractivity contribution in [1.29, 1.82) is 0 Å². The quantitative estimate of drug-likeness (QED) is 0.0195. The molecule has 0 amide bonds. The molecule has 0 aliphatic rings. The number of quaternary nitrogens is 1. The van der Waals surface area contributed by atoms with E-state index in [1.54, 1.807) is 0 Å². The number of carbonyl (C=O) groups is 3. The molecule has 0 aromatic rings. The van der Waals surface area contributed by atoms with Gasteiger partial charge in [-0.15, -0.1) is 0 Å². The molecule has 0 fully saturated rings. The summed E-state index contributed by atoms with van der Waals surface area (Å²) in [6.45, 7) is 4.53. The molecule has 0 heterocycles. The summed E-state index contributed by atoms with van der Waals surface area (Å²) in [6.07, 6.45) is 107. The number of carboxylic acid groups (broad SMARTS) is 1. The maximum atomic E-state index is 13.0. The number of likely N-dealkylation sites (N-methyl/N-ethyl adjacent to an activating group) is 1. The molecule has 9 nitrogen and oxygen atoms in total. The van der Waals surface area contributed by atoms with E-state index in [2.05, 4.69) is 160 Å². The van der Waals surface area contributed by atoms with Gasteiger partial charge in [-0.3, -0.25) is 9.59 Å². The van der Waals surface area contributed by atoms with E-state index in [1.165, 1.54) is 167 Å². The van der Waals surface area contributed by atoms with Crippen LogP contribution in [0.3, 0.4) is 0 Å². The van der Waals surface area contributed by atoms with Gasteiger partial charge in [-0.05, 0) is 116 Å². The van der Waals surface area contributed by atoms with Gasteiger partial charge in [0.2, 0.25) is 0 Å². The van der Waals surface area contributed by atoms with Crippen molar-refractivity contribution in [3.8, 4) is 0 Å². The molecule has 0 saturated heterocycles. The predicted molar refractivity (Wildman–Crippen MR) is 407 cm³/mol. The first-order valence-corrected chi connectivity index (χ1v) is 39.0. The van der Waals surface area contributed by atoms with Gasteiger partial charge in [-0.1, -0.05) is 339 Å². The van der Waals surface area contributed by atoms with Crippen LogP contribution in [0.2, 0.25) is 0 Å². The SMILES string of the molecule is CC/C=C\C/C=C\C/C=C\C/C=C\C/C=C\C/C=C\C/C=C\C/C=C\CCCCCCCCCCC(=O)OC(COC(=O)CCCCCCCCCCCCCCCCCCCCCCCCCC/C=C\C/C=C\C/C=C\C/C=C\CC)COC(OCC[N+](C)(C)C)C(=O)[O-]. The van der Waals surface area contributed by atoms with Crippen LogP contribution in [0, 0.1) is 0 Å². The summed E-state index contributed by atoms with van der Waals surface area (Å²) in [6, 6.07) is 0. The number of rotatable bonds is 71. The van der Waals surface area contributed by atoms with Gasteiger partial charge in [0, 0.05) is 12.8 Å². The molecular formula is C86H145NO8. The zero-order chi connectivity index (χ0) is 69.0. The molecule has 0 aliphatic heterocycles. The highest BCUT2D eigenvalue weighted by molar-refractivity contribution is 5.70. The monoisotopic (exact) mass is 1320 g/mol. The van der Waals surface area contributed by atoms with Crippen molar-refractivity contribution in [3.05, 3.63) is 146 Å². The molecule has 2 unspecified atom stereocenters. The Balaban J connectivity index is 4.07. The van der Waals surface area contributed by atoms with Gasteiger partial charge in [0.25, 0.3) is 0 Å². The molecule has 0 radical (unpaired) electrons. The Morgan fingerprint density at radius 2 is 0.568 bits per heavy atom. The Morgan fingerprint density at radius 3 is 0.842 bits per heavy atom. The third kappa shape index (κ3) is 76.4. The minimum Gasteiger partial charge on any atom is -0.545 e. The average Bonchev–Trinajstić information content (AvgIpc) is 3.75. The van der Waals surface area contributed by atoms with E-state index in [9.17, 15) is 19.5 Å². The highest BCUT2D eigenvalue weighted by Gasteiger charge is 2.22. The van der Waals surface area contributed by atoms with Crippen LogP contribution in [0.1, 0.15) is 322 Å². The van der Waals surface area contributed by atoms with Gasteiger partial charge in [0.1, 0.15) is 13.2 Å². The number of carboxylic acids is 1. The summed E-state index contributed by atoms with van der Waals surface area (Å²) in [4.78, 5) is 37.6. The number of unbranched alkanes of at least 4 members (excludes halogenated alkanes) is 32. The lowest BCUT2D eigenvalue weighted by molar-refractivity contribution is -0.870. The summed E-state index contributed by atoms with van der Waals surface area (Å²) in [5, 5.41) is 11.9. The Hall–Kier alpha value is -4.83. The molecule has 0 bridgehead atoms. The fourth-order valence-corrected chi connectivity index (χ4v) is 10.7. The fraction of sp³-hybridized carbons (Fsp3) is 0.686. The molecule has 95 heavy (non-hydrogen) atoms. The highest BCUT2D eigenvalue weighted by Crippen LogP contribution is 2.18. The van der Waals surface area contributed by atoms with Crippen molar-refractivity contribution in [1.82, 2.24) is 0 Å². The second-order valence-electron chi connectivity index (χ2n) is 26.9. The third-order valence-electron chi connectivity index (χ3n) is 16.6. The Morgan fingerprint density at radius 1 is 0.316 bits per heavy atom. The van der Waals surface area contributed by atoms with Gasteiger partial charge >= 0.3 is 11.9 Å². The third-order valence-corrected chi connectivity index (χ3v) is 16.6. The molecule has 2 atom stereocenters. The number of esters is 2. The van der Waals surface area contributed by atoms with Crippen molar-refractivity contribution in [2.75, 3.05) is 47.5 Å². The minimum atomic E-state index is -1.63. The van der Waals surface area contributed by atoms with Gasteiger partial charge in [0.05, 0.1) is 40.3 Å². The van der Waals surface area contributed by atoms with Crippen LogP contribution in [0.25, 0.3) is 0 Å². The Labute approximate surface area is 585 Å². The highest BCUT2D eigenvalue weighted by atomic mass is 16.7. The summed E-state index contributed by atoms with van der Waals surface area (Å²) >= 11 is 0. The van der Waals surface area contributed by atoms with E-state index < -0.39 is 24.3 Å². The smallest absolute Gasteiger partial charge is 0.306 e.